The van der Waals surface area contributed by atoms with E-state index in [1.165, 1.54) is 31.4 Å². The maximum Gasteiger partial charge on any atom is 0.264 e. The average Bonchev–Trinajstić information content (AvgIpc) is 2.67. The van der Waals surface area contributed by atoms with Gasteiger partial charge in [-0.15, -0.1) is 0 Å². The number of aromatic nitrogens is 2. The van der Waals surface area contributed by atoms with Crippen molar-refractivity contribution in [2.45, 2.75) is 18.7 Å². The standard InChI is InChI=1S/C20H19BrN4O4S/c1-12-10-13(2)23-20(22-12)25-30(27,28)16-7-5-15(6-8-16)24-19(26)17-11-14(21)4-9-18(17)29-3/h4-11H,1-3H3,(H,24,26)(H,22,23,25). The zero-order chi connectivity index (χ0) is 21.9. The lowest BCUT2D eigenvalue weighted by molar-refractivity contribution is 0.102. The van der Waals surface area contributed by atoms with Gasteiger partial charge in [0.05, 0.1) is 17.6 Å². The molecule has 2 N–H and O–H groups in total. The van der Waals surface area contributed by atoms with E-state index in [2.05, 4.69) is 35.9 Å². The van der Waals surface area contributed by atoms with Crippen molar-refractivity contribution in [3.63, 3.8) is 0 Å². The highest BCUT2D eigenvalue weighted by Crippen LogP contribution is 2.24. The van der Waals surface area contributed by atoms with Crippen LogP contribution in [0.15, 0.2) is 57.9 Å². The lowest BCUT2D eigenvalue weighted by atomic mass is 10.2. The van der Waals surface area contributed by atoms with E-state index in [9.17, 15) is 13.2 Å². The fraction of sp³-hybridized carbons (Fsp3) is 0.150. The summed E-state index contributed by atoms with van der Waals surface area (Å²) in [6.45, 7) is 3.51. The largest absolute Gasteiger partial charge is 0.496 e. The molecule has 0 fully saturated rings. The topological polar surface area (TPSA) is 110 Å². The second-order valence-corrected chi connectivity index (χ2v) is 9.00. The minimum absolute atomic E-state index is 0.00614. The molecular formula is C20H19BrN4O4S. The van der Waals surface area contributed by atoms with E-state index in [1.54, 1.807) is 38.1 Å². The van der Waals surface area contributed by atoms with Crippen molar-refractivity contribution < 1.29 is 17.9 Å². The average molecular weight is 491 g/mol. The van der Waals surface area contributed by atoms with E-state index >= 15 is 0 Å². The normalized spacial score (nSPS) is 11.1. The molecule has 0 aliphatic heterocycles. The molecule has 0 saturated carbocycles. The number of halogens is 1. The van der Waals surface area contributed by atoms with Crippen LogP contribution in [0.2, 0.25) is 0 Å². The molecule has 0 bridgehead atoms. The quantitative estimate of drug-likeness (QED) is 0.541. The first-order chi connectivity index (χ1) is 14.2. The maximum atomic E-state index is 12.6. The number of benzene rings is 2. The summed E-state index contributed by atoms with van der Waals surface area (Å²) < 4.78 is 33.5. The number of hydrogen-bond acceptors (Lipinski definition) is 6. The van der Waals surface area contributed by atoms with Gasteiger partial charge >= 0.3 is 0 Å². The predicted octanol–water partition coefficient (Wildman–Crippen LogP) is 3.92. The van der Waals surface area contributed by atoms with Crippen LogP contribution in [0.25, 0.3) is 0 Å². The summed E-state index contributed by atoms with van der Waals surface area (Å²) in [4.78, 5) is 20.8. The Kier molecular flexibility index (Phi) is 6.37. The third-order valence-electron chi connectivity index (χ3n) is 4.04. The molecule has 30 heavy (non-hydrogen) atoms. The summed E-state index contributed by atoms with van der Waals surface area (Å²) in [6.07, 6.45) is 0. The minimum atomic E-state index is -3.87. The Balaban J connectivity index is 1.77. The van der Waals surface area contributed by atoms with Crippen LogP contribution < -0.4 is 14.8 Å². The molecule has 0 unspecified atom stereocenters. The van der Waals surface area contributed by atoms with E-state index in [4.69, 9.17) is 4.74 Å². The smallest absolute Gasteiger partial charge is 0.264 e. The number of nitrogens with one attached hydrogen (secondary N) is 2. The summed E-state index contributed by atoms with van der Waals surface area (Å²) in [6, 6.07) is 12.6. The van der Waals surface area contributed by atoms with Crippen LogP contribution in [0.5, 0.6) is 5.75 Å². The first kappa shape index (κ1) is 21.7. The Morgan fingerprint density at radius 3 is 2.23 bits per heavy atom. The monoisotopic (exact) mass is 490 g/mol. The van der Waals surface area contributed by atoms with Crippen molar-refractivity contribution in [3.05, 3.63) is 70.0 Å². The molecule has 1 heterocycles. The third-order valence-corrected chi connectivity index (χ3v) is 5.87. The van der Waals surface area contributed by atoms with Crippen LogP contribution in [0.4, 0.5) is 11.6 Å². The second-order valence-electron chi connectivity index (χ2n) is 6.40. The molecule has 3 rings (SSSR count). The number of anilines is 2. The van der Waals surface area contributed by atoms with Gasteiger partial charge in [-0.2, -0.15) is 0 Å². The van der Waals surface area contributed by atoms with E-state index < -0.39 is 10.0 Å². The molecule has 0 saturated heterocycles. The highest BCUT2D eigenvalue weighted by molar-refractivity contribution is 9.10. The number of nitrogens with zero attached hydrogens (tertiary/aromatic N) is 2. The van der Waals surface area contributed by atoms with Gasteiger partial charge in [0.1, 0.15) is 5.75 Å². The van der Waals surface area contributed by atoms with Crippen molar-refractivity contribution in [2.75, 3.05) is 17.1 Å². The van der Waals surface area contributed by atoms with Crippen molar-refractivity contribution in [3.8, 4) is 5.75 Å². The molecule has 0 aliphatic carbocycles. The maximum absolute atomic E-state index is 12.6. The van der Waals surface area contributed by atoms with E-state index in [-0.39, 0.29) is 16.8 Å². The van der Waals surface area contributed by atoms with E-state index in [0.29, 0.717) is 28.4 Å². The Morgan fingerprint density at radius 1 is 1.00 bits per heavy atom. The molecule has 0 spiro atoms. The van der Waals surface area contributed by atoms with E-state index in [0.717, 1.165) is 4.47 Å². The van der Waals surface area contributed by atoms with Gasteiger partial charge in [0, 0.05) is 21.5 Å². The fourth-order valence-corrected chi connectivity index (χ4v) is 4.03. The fourth-order valence-electron chi connectivity index (χ4n) is 2.72. The van der Waals surface area contributed by atoms with Crippen LogP contribution in [-0.2, 0) is 10.0 Å². The number of carbonyl (C=O) groups is 1. The Labute approximate surface area is 182 Å². The molecule has 8 nitrogen and oxygen atoms in total. The highest BCUT2D eigenvalue weighted by Gasteiger charge is 2.17. The van der Waals surface area contributed by atoms with Gasteiger partial charge in [-0.3, -0.25) is 4.79 Å². The van der Waals surface area contributed by atoms with Crippen molar-refractivity contribution in [1.29, 1.82) is 0 Å². The van der Waals surface area contributed by atoms with E-state index in [1.807, 2.05) is 0 Å². The van der Waals surface area contributed by atoms with Gasteiger partial charge in [0.2, 0.25) is 5.95 Å². The number of rotatable bonds is 6. The van der Waals surface area contributed by atoms with Gasteiger partial charge in [-0.05, 0) is 62.4 Å². The Morgan fingerprint density at radius 2 is 1.63 bits per heavy atom. The van der Waals surface area contributed by atoms with Crippen LogP contribution >= 0.6 is 15.9 Å². The Bertz CT molecular complexity index is 1180. The summed E-state index contributed by atoms with van der Waals surface area (Å²) in [5.74, 6) is 0.0460. The third kappa shape index (κ3) is 5.14. The molecule has 1 aromatic heterocycles. The molecule has 0 aliphatic rings. The lowest BCUT2D eigenvalue weighted by Crippen LogP contribution is -2.16. The summed E-state index contributed by atoms with van der Waals surface area (Å²) >= 11 is 3.33. The number of hydrogen-bond donors (Lipinski definition) is 2. The van der Waals surface area contributed by atoms with Crippen LogP contribution in [-0.4, -0.2) is 31.4 Å². The van der Waals surface area contributed by atoms with Crippen molar-refractivity contribution in [2.24, 2.45) is 0 Å². The van der Waals surface area contributed by atoms with Gasteiger partial charge in [-0.1, -0.05) is 15.9 Å². The zero-order valence-electron chi connectivity index (χ0n) is 16.4. The van der Waals surface area contributed by atoms with Gasteiger partial charge in [0.25, 0.3) is 15.9 Å². The van der Waals surface area contributed by atoms with Crippen LogP contribution in [0, 0.1) is 13.8 Å². The van der Waals surface area contributed by atoms with Crippen LogP contribution in [0.3, 0.4) is 0 Å². The van der Waals surface area contributed by atoms with Crippen molar-refractivity contribution >= 4 is 43.5 Å². The van der Waals surface area contributed by atoms with Gasteiger partial charge in [-0.25, -0.2) is 23.1 Å². The predicted molar refractivity (Wildman–Crippen MR) is 117 cm³/mol. The minimum Gasteiger partial charge on any atom is -0.496 e. The van der Waals surface area contributed by atoms with Gasteiger partial charge < -0.3 is 10.1 Å². The van der Waals surface area contributed by atoms with Crippen LogP contribution in [0.1, 0.15) is 21.7 Å². The lowest BCUT2D eigenvalue weighted by Gasteiger charge is -2.11. The first-order valence-electron chi connectivity index (χ1n) is 8.78. The number of amides is 1. The Hall–Kier alpha value is -2.98. The molecule has 1 amide bonds. The SMILES string of the molecule is COc1ccc(Br)cc1C(=O)Nc1ccc(S(=O)(=O)Nc2nc(C)cc(C)n2)cc1. The first-order valence-corrected chi connectivity index (χ1v) is 11.1. The number of methoxy groups -OCH3 is 1. The molecule has 2 aromatic carbocycles. The molecule has 0 radical (unpaired) electrons. The van der Waals surface area contributed by atoms with Gasteiger partial charge in [0.15, 0.2) is 0 Å². The number of aryl methyl sites for hydroxylation is 2. The summed E-state index contributed by atoms with van der Waals surface area (Å²) in [7, 11) is -2.40. The molecule has 0 atom stereocenters. The zero-order valence-corrected chi connectivity index (χ0v) is 18.8. The van der Waals surface area contributed by atoms with Crippen molar-refractivity contribution in [1.82, 2.24) is 9.97 Å². The number of ether oxygens (including phenoxy) is 1. The number of carbonyl (C=O) groups excluding carboxylic acids is 1. The number of sulfonamides is 1. The summed E-state index contributed by atoms with van der Waals surface area (Å²) in [5, 5.41) is 2.72. The molecule has 10 heteroatoms. The summed E-state index contributed by atoms with van der Waals surface area (Å²) in [5.41, 5.74) is 2.09. The molecular weight excluding hydrogens is 472 g/mol. The molecule has 156 valence electrons. The molecule has 3 aromatic rings. The second kappa shape index (κ2) is 8.80. The highest BCUT2D eigenvalue weighted by atomic mass is 79.9.